The average Bonchev–Trinajstić information content (AvgIpc) is 3.28. The Balaban J connectivity index is 0.887. The number of amides is 8. The van der Waals surface area contributed by atoms with Gasteiger partial charge < -0.3 is 0 Å². The standard InChI is InChI=1S/C53H58N4O8/c1-31-28-36-42-34-22-23-35-43(42)39(31)51(63)55(47(35)59)25-19-15-11-7-5-9-13-17-21-27-57-50(62)38-30-32(2)40-44-37(29-33(3)41(45(38)44)53(57)65)49(61)56(52(40)64)26-20-16-12-8-4-6-10-14-18-24-54(46(34)58)48(36)60/h22-23,28-30H,4-21,24-27H2,1-3H3. The van der Waals surface area contributed by atoms with Crippen molar-refractivity contribution in [1.29, 1.82) is 0 Å². The zero-order valence-corrected chi connectivity index (χ0v) is 38.0. The van der Waals surface area contributed by atoms with Gasteiger partial charge in [-0.2, -0.15) is 0 Å². The molecular weight excluding hydrogens is 821 g/mol. The number of hydrogen-bond donors (Lipinski definition) is 0. The maximum Gasteiger partial charge on any atom is 0.261 e. The van der Waals surface area contributed by atoms with Crippen molar-refractivity contribution in [2.24, 2.45) is 0 Å². The van der Waals surface area contributed by atoms with E-state index >= 15 is 0 Å². The molecule has 0 spiro atoms. The minimum atomic E-state index is -0.392. The molecule has 0 saturated carbocycles. The predicted octanol–water partition coefficient (Wildman–Crippen LogP) is 10.0. The second-order valence-electron chi connectivity index (χ2n) is 18.9. The zero-order chi connectivity index (χ0) is 45.7. The van der Waals surface area contributed by atoms with Crippen LogP contribution in [0.15, 0.2) is 30.3 Å². The van der Waals surface area contributed by atoms with E-state index in [0.29, 0.717) is 108 Å². The van der Waals surface area contributed by atoms with Crippen molar-refractivity contribution >= 4 is 68.8 Å². The van der Waals surface area contributed by atoms with Crippen LogP contribution < -0.4 is 0 Å². The molecule has 17 aliphatic rings. The highest BCUT2D eigenvalue weighted by molar-refractivity contribution is 6.35. The lowest BCUT2D eigenvalue weighted by atomic mass is 9.81. The van der Waals surface area contributed by atoms with Crippen LogP contribution in [0.3, 0.4) is 0 Å². The van der Waals surface area contributed by atoms with E-state index in [1.165, 1.54) is 19.6 Å². The number of imide groups is 4. The SMILES string of the molecule is Cc1cc2c3c4ccc5c3c1C(=O)N(CCCCCCCCCCCN1C(=O)c3cc(C)c6c7c(cc(C)c(c37)C1=O)C(=O)N(CCCCCCCCCCCN(C4=O)C2=O)C6=O)C5=O. The summed E-state index contributed by atoms with van der Waals surface area (Å²) < 4.78 is 0. The van der Waals surface area contributed by atoms with Gasteiger partial charge >= 0.3 is 0 Å². The first-order chi connectivity index (χ1) is 31.4. The quantitative estimate of drug-likeness (QED) is 0.159. The van der Waals surface area contributed by atoms with Crippen LogP contribution in [0.1, 0.15) is 215 Å². The minimum absolute atomic E-state index is 0.288. The molecule has 16 bridgehead atoms. The van der Waals surface area contributed by atoms with E-state index < -0.39 is 11.8 Å². The normalized spacial score (nSPS) is 19.9. The molecule has 0 unspecified atom stereocenters. The first kappa shape index (κ1) is 44.2. The molecule has 0 saturated heterocycles. The third kappa shape index (κ3) is 7.56. The van der Waals surface area contributed by atoms with E-state index in [-0.39, 0.29) is 61.6 Å². The summed E-state index contributed by atoms with van der Waals surface area (Å²) >= 11 is 0. The summed E-state index contributed by atoms with van der Waals surface area (Å²) in [6.07, 6.45) is 15.9. The van der Waals surface area contributed by atoms with Crippen molar-refractivity contribution < 1.29 is 38.4 Å². The molecule has 65 heavy (non-hydrogen) atoms. The molecule has 17 heterocycles. The average molecular weight is 879 g/mol. The van der Waals surface area contributed by atoms with Gasteiger partial charge in [0.25, 0.3) is 47.3 Å². The molecule has 0 atom stereocenters. The molecule has 0 fully saturated rings. The van der Waals surface area contributed by atoms with Crippen LogP contribution in [0.2, 0.25) is 0 Å². The number of rotatable bonds is 0. The van der Waals surface area contributed by atoms with Crippen molar-refractivity contribution in [2.75, 3.05) is 26.2 Å². The van der Waals surface area contributed by atoms with E-state index in [9.17, 15) is 38.4 Å². The van der Waals surface area contributed by atoms with Crippen LogP contribution in [-0.4, -0.2) is 93.0 Å². The summed E-state index contributed by atoms with van der Waals surface area (Å²) in [5, 5.41) is 1.68. The molecule has 0 N–H and O–H groups in total. The maximum absolute atomic E-state index is 14.0. The maximum atomic E-state index is 14.0. The van der Waals surface area contributed by atoms with Gasteiger partial charge in [0.15, 0.2) is 0 Å². The van der Waals surface area contributed by atoms with Crippen molar-refractivity contribution in [3.63, 3.8) is 0 Å². The highest BCUT2D eigenvalue weighted by Crippen LogP contribution is 2.42. The summed E-state index contributed by atoms with van der Waals surface area (Å²) in [6, 6.07) is 8.45. The Hall–Kier alpha value is -6.04. The lowest BCUT2D eigenvalue weighted by Gasteiger charge is -2.33. The Kier molecular flexibility index (Phi) is 12.3. The molecule has 4 aromatic carbocycles. The Bertz CT molecular complexity index is 2750. The van der Waals surface area contributed by atoms with Gasteiger partial charge in [-0.1, -0.05) is 89.9 Å². The lowest BCUT2D eigenvalue weighted by molar-refractivity contribution is 0.0585. The smallest absolute Gasteiger partial charge is 0.261 e. The topological polar surface area (TPSA) is 150 Å². The van der Waals surface area contributed by atoms with Crippen molar-refractivity contribution in [2.45, 2.75) is 136 Å². The zero-order valence-electron chi connectivity index (χ0n) is 38.0. The second-order valence-corrected chi connectivity index (χ2v) is 18.9. The molecule has 8 amide bonds. The number of benzene rings is 4. The summed E-state index contributed by atoms with van der Waals surface area (Å²) in [5.41, 5.74) is 4.84. The molecular formula is C53H58N4O8. The lowest BCUT2D eigenvalue weighted by Crippen LogP contribution is -2.44. The fourth-order valence-corrected chi connectivity index (χ4v) is 11.2. The fourth-order valence-electron chi connectivity index (χ4n) is 11.2. The Morgan fingerprint density at radius 2 is 0.492 bits per heavy atom. The van der Waals surface area contributed by atoms with E-state index in [4.69, 9.17) is 0 Å². The molecule has 338 valence electrons. The van der Waals surface area contributed by atoms with Crippen LogP contribution in [0.5, 0.6) is 0 Å². The van der Waals surface area contributed by atoms with Crippen LogP contribution >= 0.6 is 0 Å². The number of nitrogens with zero attached hydrogens (tertiary/aromatic N) is 4. The predicted molar refractivity (Wildman–Crippen MR) is 247 cm³/mol. The number of carbonyl (C=O) groups is 8. The first-order valence-electron chi connectivity index (χ1n) is 24.1. The van der Waals surface area contributed by atoms with Gasteiger partial charge in [0, 0.05) is 75.5 Å². The first-order valence-corrected chi connectivity index (χ1v) is 24.1. The van der Waals surface area contributed by atoms with Gasteiger partial charge in [0.2, 0.25) is 0 Å². The fraction of sp³-hybridized carbons (Fsp3) is 0.472. The molecule has 0 aromatic heterocycles. The van der Waals surface area contributed by atoms with Crippen molar-refractivity contribution in [1.82, 2.24) is 19.6 Å². The summed E-state index contributed by atoms with van der Waals surface area (Å²) in [6.45, 7) is 6.55. The minimum Gasteiger partial charge on any atom is -0.274 e. The van der Waals surface area contributed by atoms with Gasteiger partial charge in [0.05, 0.1) is 16.7 Å². The molecule has 12 nitrogen and oxygen atoms in total. The highest BCUT2D eigenvalue weighted by atomic mass is 16.2. The molecule has 12 heteroatoms. The highest BCUT2D eigenvalue weighted by Gasteiger charge is 2.43. The summed E-state index contributed by atoms with van der Waals surface area (Å²) in [5.74, 6) is -3.06. The Morgan fingerprint density at radius 1 is 0.277 bits per heavy atom. The van der Waals surface area contributed by atoms with E-state index in [0.717, 1.165) is 89.9 Å². The van der Waals surface area contributed by atoms with Crippen molar-refractivity contribution in [3.05, 3.63) is 91.5 Å². The third-order valence-corrected chi connectivity index (χ3v) is 14.6. The number of aryl methyl sites for hydroxylation is 3. The van der Waals surface area contributed by atoms with E-state index in [1.54, 1.807) is 51.1 Å². The van der Waals surface area contributed by atoms with Gasteiger partial charge in [-0.05, 0) is 93.5 Å². The Labute approximate surface area is 379 Å². The van der Waals surface area contributed by atoms with Crippen LogP contribution in [-0.2, 0) is 0 Å². The summed E-state index contributed by atoms with van der Waals surface area (Å²) in [4.78, 5) is 117. The number of hydrogen-bond acceptors (Lipinski definition) is 8. The van der Waals surface area contributed by atoms with E-state index in [1.807, 2.05) is 0 Å². The van der Waals surface area contributed by atoms with Crippen molar-refractivity contribution in [3.8, 4) is 0 Å². The molecule has 21 rings (SSSR count). The third-order valence-electron chi connectivity index (χ3n) is 14.6. The molecule has 17 aliphatic heterocycles. The van der Waals surface area contributed by atoms with Crippen LogP contribution in [0.25, 0.3) is 21.5 Å². The molecule has 0 aliphatic carbocycles. The van der Waals surface area contributed by atoms with Gasteiger partial charge in [-0.25, -0.2) is 0 Å². The van der Waals surface area contributed by atoms with Gasteiger partial charge in [0.1, 0.15) is 0 Å². The molecule has 4 aromatic rings. The van der Waals surface area contributed by atoms with Gasteiger partial charge in [-0.15, -0.1) is 0 Å². The molecule has 0 radical (unpaired) electrons. The summed E-state index contributed by atoms with van der Waals surface area (Å²) in [7, 11) is 0. The van der Waals surface area contributed by atoms with Gasteiger partial charge in [-0.3, -0.25) is 58.0 Å². The second kappa shape index (κ2) is 18.1. The monoisotopic (exact) mass is 878 g/mol. The largest absolute Gasteiger partial charge is 0.274 e. The Morgan fingerprint density at radius 3 is 0.800 bits per heavy atom. The number of carbonyl (C=O) groups excluding carboxylic acids is 8. The van der Waals surface area contributed by atoms with Crippen LogP contribution in [0, 0.1) is 20.8 Å². The van der Waals surface area contributed by atoms with E-state index in [2.05, 4.69) is 0 Å². The van der Waals surface area contributed by atoms with Crippen LogP contribution in [0.4, 0.5) is 0 Å².